The number of morpholine rings is 1. The van der Waals surface area contributed by atoms with Crippen LogP contribution >= 0.6 is 11.6 Å². The van der Waals surface area contributed by atoms with Crippen LogP contribution in [0.25, 0.3) is 16.7 Å². The number of nitrogens with zero attached hydrogens (tertiary/aromatic N) is 4. The lowest BCUT2D eigenvalue weighted by Gasteiger charge is -2.26. The highest BCUT2D eigenvalue weighted by Crippen LogP contribution is 2.27. The van der Waals surface area contributed by atoms with Gasteiger partial charge in [-0.2, -0.15) is 0 Å². The van der Waals surface area contributed by atoms with E-state index >= 15 is 4.39 Å². The molecule has 0 atom stereocenters. The second-order valence-corrected chi connectivity index (χ2v) is 11.2. The van der Waals surface area contributed by atoms with Gasteiger partial charge in [-0.05, 0) is 67.6 Å². The summed E-state index contributed by atoms with van der Waals surface area (Å²) >= 11 is 6.04. The summed E-state index contributed by atoms with van der Waals surface area (Å²) in [5, 5.41) is 6.21. The summed E-state index contributed by atoms with van der Waals surface area (Å²) in [5.74, 6) is -1.79. The molecule has 47 heavy (non-hydrogen) atoms. The molecule has 0 unspecified atom stereocenters. The zero-order valence-corrected chi connectivity index (χ0v) is 25.9. The van der Waals surface area contributed by atoms with Crippen LogP contribution in [0.5, 0.6) is 11.5 Å². The van der Waals surface area contributed by atoms with Gasteiger partial charge in [-0.15, -0.1) is 0 Å². The molecule has 0 spiro atoms. The Morgan fingerprint density at radius 2 is 1.79 bits per heavy atom. The maximum atomic E-state index is 15.1. The predicted molar refractivity (Wildman–Crippen MR) is 175 cm³/mol. The highest BCUT2D eigenvalue weighted by molar-refractivity contribution is 6.30. The third-order valence-electron chi connectivity index (χ3n) is 7.53. The molecule has 0 aliphatic carbocycles. The van der Waals surface area contributed by atoms with E-state index in [1.165, 1.54) is 36.7 Å². The van der Waals surface area contributed by atoms with E-state index in [1.54, 1.807) is 47.2 Å². The molecule has 1 aliphatic rings. The van der Waals surface area contributed by atoms with Gasteiger partial charge in [-0.1, -0.05) is 11.6 Å². The average Bonchev–Trinajstić information content (AvgIpc) is 3.09. The molecule has 13 heteroatoms. The van der Waals surface area contributed by atoms with Crippen LogP contribution in [0.15, 0.2) is 90.1 Å². The van der Waals surface area contributed by atoms with E-state index in [2.05, 4.69) is 25.5 Å². The van der Waals surface area contributed by atoms with E-state index in [0.29, 0.717) is 22.9 Å². The number of amides is 2. The maximum absolute atomic E-state index is 15.1. The Labute approximate surface area is 273 Å². The van der Waals surface area contributed by atoms with Gasteiger partial charge in [-0.3, -0.25) is 24.3 Å². The zero-order chi connectivity index (χ0) is 32.8. The van der Waals surface area contributed by atoms with Crippen LogP contribution in [0.4, 0.5) is 10.1 Å². The van der Waals surface area contributed by atoms with Crippen molar-refractivity contribution in [2.75, 3.05) is 44.7 Å². The molecule has 240 valence electrons. The molecule has 0 bridgehead atoms. The first-order chi connectivity index (χ1) is 22.9. The van der Waals surface area contributed by atoms with Crippen LogP contribution in [0.3, 0.4) is 0 Å². The lowest BCUT2D eigenvalue weighted by Crippen LogP contribution is -2.38. The summed E-state index contributed by atoms with van der Waals surface area (Å²) in [6.45, 7) is 4.55. The van der Waals surface area contributed by atoms with Crippen molar-refractivity contribution in [2.24, 2.45) is 0 Å². The minimum atomic E-state index is -0.769. The van der Waals surface area contributed by atoms with E-state index in [1.807, 2.05) is 0 Å². The van der Waals surface area contributed by atoms with Gasteiger partial charge in [0.15, 0.2) is 11.6 Å². The molecule has 3 aromatic heterocycles. The number of hydrogen-bond donors (Lipinski definition) is 2. The normalized spacial score (nSPS) is 13.3. The number of nitrogens with one attached hydrogen (secondary N) is 2. The molecule has 1 saturated heterocycles. The van der Waals surface area contributed by atoms with Crippen molar-refractivity contribution in [1.82, 2.24) is 24.8 Å². The molecule has 1 aliphatic heterocycles. The Morgan fingerprint density at radius 1 is 0.979 bits per heavy atom. The molecule has 0 saturated carbocycles. The fraction of sp³-hybridized carbons (Fsp3) is 0.206. The van der Waals surface area contributed by atoms with Crippen LogP contribution in [-0.2, 0) is 4.74 Å². The summed E-state index contributed by atoms with van der Waals surface area (Å²) in [7, 11) is 0. The topological polar surface area (TPSA) is 128 Å². The van der Waals surface area contributed by atoms with E-state index < -0.39 is 17.2 Å². The molecular formula is C34H30ClFN6O5. The standard InChI is InChI=1S/C34H30ClFN6O5/c35-22-4-7-24(8-5-22)42-21-27(31(43)26-3-1-11-38-32(26)42)33(44)40-23-6-9-30(28(36)19-23)47-25-10-13-37-29(20-25)34(45)39-12-2-14-41-15-17-46-18-16-41/h1,3-11,13,19-21H,2,12,14-18H2,(H,39,45)(H,40,44). The van der Waals surface area contributed by atoms with Gasteiger partial charge in [0.25, 0.3) is 11.8 Å². The van der Waals surface area contributed by atoms with Gasteiger partial charge in [-0.25, -0.2) is 9.37 Å². The summed E-state index contributed by atoms with van der Waals surface area (Å²) in [4.78, 5) is 49.9. The third kappa shape index (κ3) is 7.63. The average molecular weight is 657 g/mol. The van der Waals surface area contributed by atoms with Crippen LogP contribution < -0.4 is 20.8 Å². The van der Waals surface area contributed by atoms with Crippen molar-refractivity contribution in [3.8, 4) is 17.2 Å². The van der Waals surface area contributed by atoms with E-state index in [9.17, 15) is 14.4 Å². The van der Waals surface area contributed by atoms with Crippen LogP contribution in [0, 0.1) is 5.82 Å². The fourth-order valence-corrected chi connectivity index (χ4v) is 5.25. The molecule has 2 N–H and O–H groups in total. The molecule has 4 heterocycles. The second kappa shape index (κ2) is 14.5. The second-order valence-electron chi connectivity index (χ2n) is 10.7. The highest BCUT2D eigenvalue weighted by atomic mass is 35.5. The molecule has 1 fully saturated rings. The van der Waals surface area contributed by atoms with Gasteiger partial charge in [0.1, 0.15) is 22.7 Å². The third-order valence-corrected chi connectivity index (χ3v) is 7.79. The van der Waals surface area contributed by atoms with Crippen molar-refractivity contribution in [2.45, 2.75) is 6.42 Å². The van der Waals surface area contributed by atoms with E-state index in [0.717, 1.165) is 45.3 Å². The highest BCUT2D eigenvalue weighted by Gasteiger charge is 2.18. The number of benzene rings is 2. The lowest BCUT2D eigenvalue weighted by atomic mass is 10.1. The Bertz CT molecular complexity index is 1980. The number of carbonyl (C=O) groups is 2. The summed E-state index contributed by atoms with van der Waals surface area (Å²) < 4.78 is 27.8. The summed E-state index contributed by atoms with van der Waals surface area (Å²) in [6.07, 6.45) is 5.13. The molecular weight excluding hydrogens is 627 g/mol. The van der Waals surface area contributed by atoms with Crippen LogP contribution in [0.2, 0.25) is 5.02 Å². The number of halogens is 2. The molecule has 6 rings (SSSR count). The number of fused-ring (bicyclic) bond motifs is 1. The molecule has 5 aromatic rings. The molecule has 2 aromatic carbocycles. The number of rotatable bonds is 10. The number of anilines is 1. The summed E-state index contributed by atoms with van der Waals surface area (Å²) in [6, 6.07) is 16.8. The van der Waals surface area contributed by atoms with Crippen LogP contribution in [-0.4, -0.2) is 70.6 Å². The smallest absolute Gasteiger partial charge is 0.270 e. The number of pyridine rings is 3. The minimum Gasteiger partial charge on any atom is -0.454 e. The first-order valence-corrected chi connectivity index (χ1v) is 15.3. The monoisotopic (exact) mass is 656 g/mol. The Kier molecular flexibility index (Phi) is 9.81. The number of aromatic nitrogens is 3. The SMILES string of the molecule is O=C(NCCCN1CCOCC1)c1cc(Oc2ccc(NC(=O)c3cn(-c4ccc(Cl)cc4)c4ncccc4c3=O)cc2F)ccn1. The predicted octanol–water partition coefficient (Wildman–Crippen LogP) is 5.07. The molecule has 11 nitrogen and oxygen atoms in total. The van der Waals surface area contributed by atoms with Crippen molar-refractivity contribution in [3.05, 3.63) is 118 Å². The minimum absolute atomic E-state index is 0.107. The van der Waals surface area contributed by atoms with Crippen molar-refractivity contribution in [3.63, 3.8) is 0 Å². The van der Waals surface area contributed by atoms with Gasteiger partial charge in [0.05, 0.1) is 18.6 Å². The van der Waals surface area contributed by atoms with E-state index in [-0.39, 0.29) is 39.7 Å². The maximum Gasteiger partial charge on any atom is 0.270 e. The molecule has 2 amide bonds. The first-order valence-electron chi connectivity index (χ1n) is 14.9. The van der Waals surface area contributed by atoms with Gasteiger partial charge in [0.2, 0.25) is 5.43 Å². The van der Waals surface area contributed by atoms with Crippen LogP contribution in [0.1, 0.15) is 27.3 Å². The number of carbonyl (C=O) groups excluding carboxylic acids is 2. The van der Waals surface area contributed by atoms with Crippen molar-refractivity contribution >= 4 is 40.1 Å². The van der Waals surface area contributed by atoms with Gasteiger partial charge < -0.3 is 24.7 Å². The van der Waals surface area contributed by atoms with E-state index in [4.69, 9.17) is 21.1 Å². The first kappa shape index (κ1) is 31.8. The quantitative estimate of drug-likeness (QED) is 0.200. The number of ether oxygens (including phenoxy) is 2. The van der Waals surface area contributed by atoms with Crippen molar-refractivity contribution in [1.29, 1.82) is 0 Å². The Hall–Kier alpha value is -5.17. The Balaban J connectivity index is 1.12. The largest absolute Gasteiger partial charge is 0.454 e. The Morgan fingerprint density at radius 3 is 2.57 bits per heavy atom. The summed E-state index contributed by atoms with van der Waals surface area (Å²) in [5.41, 5.74) is 0.559. The molecule has 0 radical (unpaired) electrons. The number of hydrogen-bond acceptors (Lipinski definition) is 8. The zero-order valence-electron chi connectivity index (χ0n) is 25.1. The van der Waals surface area contributed by atoms with Gasteiger partial charge >= 0.3 is 0 Å². The van der Waals surface area contributed by atoms with Gasteiger partial charge in [0, 0.05) is 66.8 Å². The fourth-order valence-electron chi connectivity index (χ4n) is 5.13. The lowest BCUT2D eigenvalue weighted by molar-refractivity contribution is 0.0374. The van der Waals surface area contributed by atoms with Crippen molar-refractivity contribution < 1.29 is 23.5 Å².